The summed E-state index contributed by atoms with van der Waals surface area (Å²) in [6.07, 6.45) is 9.51. The number of ketones is 2. The Morgan fingerprint density at radius 1 is 0.481 bits per heavy atom. The first-order chi connectivity index (χ1) is 37.9. The maximum Gasteiger partial charge on any atom is 0.164 e. The summed E-state index contributed by atoms with van der Waals surface area (Å²) in [5, 5.41) is 26.3. The van der Waals surface area contributed by atoms with Gasteiger partial charge in [-0.25, -0.2) is 11.3 Å². The smallest absolute Gasteiger partial charge is 0.164 e. The van der Waals surface area contributed by atoms with Gasteiger partial charge < -0.3 is 14.8 Å². The maximum atomic E-state index is 12.2. The maximum absolute atomic E-state index is 12.2. The van der Waals surface area contributed by atoms with Crippen molar-refractivity contribution in [2.75, 3.05) is 0 Å². The molecule has 2 N–H and O–H groups in total. The molecule has 0 aliphatic heterocycles. The monoisotopic (exact) mass is 1480 g/mol. The van der Waals surface area contributed by atoms with Crippen LogP contribution in [0, 0.1) is 33.8 Å². The molecule has 10 rings (SSSR count). The van der Waals surface area contributed by atoms with Gasteiger partial charge in [0.1, 0.15) is 16.3 Å². The molecule has 10 aromatic rings. The number of carbonyl (C=O) groups excluding carboxylic acids is 2. The minimum atomic E-state index is -0.337. The van der Waals surface area contributed by atoms with E-state index in [9.17, 15) is 19.8 Å². The zero-order valence-electron chi connectivity index (χ0n) is 48.9. The molecule has 0 atom stereocenters. The van der Waals surface area contributed by atoms with E-state index in [1.54, 1.807) is 22.7 Å². The summed E-state index contributed by atoms with van der Waals surface area (Å²) >= 11 is 3.53. The number of hydrogen-bond donors (Lipinski definition) is 2. The van der Waals surface area contributed by atoms with Crippen molar-refractivity contribution in [2.24, 2.45) is 21.7 Å². The molecule has 0 radical (unpaired) electrons. The van der Waals surface area contributed by atoms with Gasteiger partial charge in [-0.1, -0.05) is 165 Å². The van der Waals surface area contributed by atoms with Crippen LogP contribution in [0.1, 0.15) is 134 Å². The molecule has 81 heavy (non-hydrogen) atoms. The quantitative estimate of drug-likeness (QED) is 0.0535. The van der Waals surface area contributed by atoms with E-state index in [1.807, 2.05) is 95.2 Å². The van der Waals surface area contributed by atoms with Crippen molar-refractivity contribution >= 4 is 96.7 Å². The first-order valence-corrected chi connectivity index (χ1v) is 30.0. The summed E-state index contributed by atoms with van der Waals surface area (Å²) in [7, 11) is 0. The topological polar surface area (TPSA) is 105 Å². The zero-order chi connectivity index (χ0) is 56.9. The number of rotatable bonds is 17. The Bertz CT molecular complexity index is 3810. The minimum Gasteiger partial charge on any atom is -0.512 e. The minimum absolute atomic E-state index is 0. The molecule has 0 aliphatic carbocycles. The molecule has 0 spiro atoms. The van der Waals surface area contributed by atoms with Gasteiger partial charge in [0.05, 0.1) is 16.6 Å². The normalized spacial score (nSPS) is 12.5. The van der Waals surface area contributed by atoms with E-state index in [-0.39, 0.29) is 86.9 Å². The molecule has 0 saturated carbocycles. The average Bonchev–Trinajstić information content (AvgIpc) is 3.65. The predicted molar refractivity (Wildman–Crippen MR) is 337 cm³/mol. The van der Waals surface area contributed by atoms with Crippen LogP contribution in [0.5, 0.6) is 0 Å². The van der Waals surface area contributed by atoms with Crippen LogP contribution in [0.2, 0.25) is 0 Å². The first kappa shape index (κ1) is 64.6. The second kappa shape index (κ2) is 27.2. The molecule has 0 amide bonds. The molecule has 0 unspecified atom stereocenters. The van der Waals surface area contributed by atoms with Crippen molar-refractivity contribution < 1.29 is 61.9 Å². The number of fused-ring (bicyclic) bond motifs is 9. The molecule has 0 fully saturated rings. The number of para-hydroxylation sites is 2. The summed E-state index contributed by atoms with van der Waals surface area (Å²) in [6.45, 7) is 24.2. The fourth-order valence-corrected chi connectivity index (χ4v) is 12.4. The molecular formula is C70H77N3O4Pt2S2-2. The number of nitrogens with zero attached hydrogens (tertiary/aromatic N) is 3. The van der Waals surface area contributed by atoms with E-state index >= 15 is 0 Å². The molecular weight excluding hydrogens is 1400 g/mol. The van der Waals surface area contributed by atoms with Gasteiger partial charge in [-0.3, -0.25) is 19.6 Å². The standard InChI is InChI=1S/C40H21N3S2.2C15H28O2.2Pt/c1-2-10-24(11-3-1)43-34-18-6-4-13-31(34)37-35(43)23-22-32(41-37)29-16-8-14-26-27-15-9-17-30(39(27)45-38(26)29)33-21-20-28-25-12-5-7-19-36(25)44-40(28)42-33;2*1-7-14(5,8-2)12(16)11-13(17)15(6,9-3)10-4;;/h1-15,18-23H;2*11,16H,7-10H2,1-6H3;;/q-2;;;;/b;2*12-11-;;. The number of pyridine rings is 2. The van der Waals surface area contributed by atoms with Crippen LogP contribution in [-0.4, -0.2) is 36.3 Å². The van der Waals surface area contributed by atoms with Crippen LogP contribution >= 0.6 is 22.7 Å². The molecule has 5 aromatic carbocycles. The fourth-order valence-electron chi connectivity index (χ4n) is 10.0. The Morgan fingerprint density at radius 2 is 0.926 bits per heavy atom. The van der Waals surface area contributed by atoms with Gasteiger partial charge in [0, 0.05) is 102 Å². The van der Waals surface area contributed by atoms with Crippen molar-refractivity contribution in [3.63, 3.8) is 0 Å². The second-order valence-corrected chi connectivity index (χ2v) is 24.1. The van der Waals surface area contributed by atoms with Crippen LogP contribution in [0.25, 0.3) is 90.6 Å². The third-order valence-corrected chi connectivity index (χ3v) is 20.2. The zero-order valence-corrected chi connectivity index (χ0v) is 55.1. The van der Waals surface area contributed by atoms with Crippen molar-refractivity contribution in [3.8, 4) is 28.2 Å². The van der Waals surface area contributed by atoms with Crippen molar-refractivity contribution in [2.45, 2.75) is 134 Å². The summed E-state index contributed by atoms with van der Waals surface area (Å²) in [5.41, 5.74) is 7.08. The van der Waals surface area contributed by atoms with Crippen molar-refractivity contribution in [3.05, 3.63) is 163 Å². The molecule has 430 valence electrons. The van der Waals surface area contributed by atoms with Crippen molar-refractivity contribution in [1.82, 2.24) is 14.5 Å². The van der Waals surface area contributed by atoms with Crippen LogP contribution in [0.4, 0.5) is 0 Å². The van der Waals surface area contributed by atoms with Crippen molar-refractivity contribution in [1.29, 1.82) is 0 Å². The number of benzene rings is 5. The molecule has 5 heterocycles. The molecule has 0 saturated heterocycles. The van der Waals surface area contributed by atoms with E-state index < -0.39 is 0 Å². The summed E-state index contributed by atoms with van der Waals surface area (Å²) < 4.78 is 5.92. The summed E-state index contributed by atoms with van der Waals surface area (Å²) in [5.74, 6) is 0.572. The number of aliphatic hydroxyl groups is 2. The number of hydrogen-bond acceptors (Lipinski definition) is 8. The van der Waals surface area contributed by atoms with Gasteiger partial charge in [-0.2, -0.15) is 0 Å². The van der Waals surface area contributed by atoms with E-state index in [0.717, 1.165) is 106 Å². The number of aliphatic hydroxyl groups excluding tert-OH is 2. The Balaban J connectivity index is 0.000000246. The Labute approximate surface area is 516 Å². The van der Waals surface area contributed by atoms with Gasteiger partial charge in [0.2, 0.25) is 0 Å². The number of allylic oxidation sites excluding steroid dienone is 4. The van der Waals surface area contributed by atoms with E-state index in [4.69, 9.17) is 9.97 Å². The van der Waals surface area contributed by atoms with E-state index in [1.165, 1.54) is 47.8 Å². The Kier molecular flexibility index (Phi) is 21.7. The van der Waals surface area contributed by atoms with Gasteiger partial charge in [0.15, 0.2) is 11.6 Å². The number of aromatic nitrogens is 3. The third kappa shape index (κ3) is 12.8. The molecule has 7 nitrogen and oxygen atoms in total. The van der Waals surface area contributed by atoms with Gasteiger partial charge in [0.25, 0.3) is 0 Å². The average molecular weight is 1480 g/mol. The fraction of sp³-hybridized carbons (Fsp3) is 0.343. The summed E-state index contributed by atoms with van der Waals surface area (Å²) in [6, 6.07) is 51.7. The van der Waals surface area contributed by atoms with Crippen LogP contribution in [-0.2, 0) is 51.7 Å². The summed E-state index contributed by atoms with van der Waals surface area (Å²) in [4.78, 5) is 35.9. The van der Waals surface area contributed by atoms with Crippen LogP contribution in [0.3, 0.4) is 0 Å². The van der Waals surface area contributed by atoms with E-state index in [0.29, 0.717) is 0 Å². The van der Waals surface area contributed by atoms with Gasteiger partial charge in [-0.05, 0) is 93.1 Å². The number of carbonyl (C=O) groups is 2. The third-order valence-electron chi connectivity index (χ3n) is 17.9. The first-order valence-electron chi connectivity index (χ1n) is 28.3. The largest absolute Gasteiger partial charge is 0.512 e. The molecule has 5 aromatic heterocycles. The van der Waals surface area contributed by atoms with E-state index in [2.05, 4.69) is 132 Å². The van der Waals surface area contributed by atoms with Crippen LogP contribution in [0.15, 0.2) is 151 Å². The second-order valence-electron chi connectivity index (χ2n) is 22.1. The van der Waals surface area contributed by atoms with Gasteiger partial charge in [-0.15, -0.1) is 69.6 Å². The molecule has 0 bridgehead atoms. The number of thiophene rings is 2. The SMILES string of the molecule is CCC(C)(CC)C(=O)/C=C(\O)C(C)(CC)CC.CCC(C)(CC)C(=O)/C=C(\O)C(C)(CC)CC.[Pt].[Pt].[c-]1ccc2c(sc3c(-c4ccc5c(n4)c4ccccc4n5-c4ccccc4)[c-]ccc32)c1-c1ccc2c(n1)sc1ccccc12. The predicted octanol–water partition coefficient (Wildman–Crippen LogP) is 20.5. The molecule has 11 heteroatoms. The Hall–Kier alpha value is -5.56. The van der Waals surface area contributed by atoms with Gasteiger partial charge >= 0.3 is 0 Å². The Morgan fingerprint density at radius 3 is 1.43 bits per heavy atom. The molecule has 0 aliphatic rings. The van der Waals surface area contributed by atoms with Crippen LogP contribution < -0.4 is 0 Å².